The maximum Gasteiger partial charge on any atom is 0.330 e. The number of esters is 4. The Labute approximate surface area is 591 Å². The van der Waals surface area contributed by atoms with E-state index in [1.807, 2.05) is 19.9 Å². The number of ether oxygens (including phenoxy) is 8. The van der Waals surface area contributed by atoms with Crippen molar-refractivity contribution in [2.45, 2.75) is 173 Å². The molecule has 4 aliphatic rings. The van der Waals surface area contributed by atoms with E-state index in [-0.39, 0.29) is 17.8 Å². The average molecular weight is 1520 g/mol. The number of aromatic amines is 4. The lowest BCUT2D eigenvalue weighted by molar-refractivity contribution is -0.156. The number of H-pyrrole nitrogens is 4. The summed E-state index contributed by atoms with van der Waals surface area (Å²) >= 11 is 24.3. The van der Waals surface area contributed by atoms with Crippen molar-refractivity contribution in [1.29, 1.82) is 0 Å². The Morgan fingerprint density at radius 1 is 0.430 bits per heavy atom. The van der Waals surface area contributed by atoms with Gasteiger partial charge >= 0.3 is 46.6 Å². The van der Waals surface area contributed by atoms with E-state index in [1.54, 1.807) is 55.4 Å². The molecule has 0 bridgehead atoms. The summed E-state index contributed by atoms with van der Waals surface area (Å²) in [5.41, 5.74) is 15.5. The topological polar surface area (TPSA) is 627 Å². The molecule has 44 heteroatoms. The number of rotatable bonds is 20. The molecule has 0 saturated carbocycles. The zero-order chi connectivity index (χ0) is 81.2. The number of alkyl halides is 4. The largest absolute Gasteiger partial charge is 0.460 e. The van der Waals surface area contributed by atoms with Crippen molar-refractivity contribution in [1.82, 2.24) is 38.2 Å². The van der Waals surface area contributed by atoms with E-state index in [1.165, 1.54) is 0 Å². The van der Waals surface area contributed by atoms with Crippen LogP contribution in [0.5, 0.6) is 0 Å². The summed E-state index contributed by atoms with van der Waals surface area (Å²) in [6, 6.07) is -0.458. The normalized spacial score (nSPS) is 33.1. The van der Waals surface area contributed by atoms with Crippen LogP contribution in [0.25, 0.3) is 0 Å². The average Bonchev–Trinajstić information content (AvgIpc) is 1.49. The third kappa shape index (κ3) is 19.8. The van der Waals surface area contributed by atoms with Gasteiger partial charge in [0.25, 0.3) is 22.2 Å². The molecule has 20 atom stereocenters. The van der Waals surface area contributed by atoms with Gasteiger partial charge in [-0.05, 0) is 23.7 Å². The van der Waals surface area contributed by atoms with Crippen LogP contribution in [0.2, 0.25) is 0 Å². The van der Waals surface area contributed by atoms with Gasteiger partial charge in [0.1, 0.15) is 99.3 Å². The Kier molecular flexibility index (Phi) is 25.6. The first-order valence-electron chi connectivity index (χ1n) is 32.5. The van der Waals surface area contributed by atoms with Crippen LogP contribution in [0.15, 0.2) is 87.4 Å². The van der Waals surface area contributed by atoms with E-state index in [2.05, 4.69) is 4.74 Å². The minimum Gasteiger partial charge on any atom is -0.460 e. The third-order valence-electron chi connectivity index (χ3n) is 14.9. The van der Waals surface area contributed by atoms with Crippen molar-refractivity contribution in [3.05, 3.63) is 132 Å². The van der Waals surface area contributed by atoms with Gasteiger partial charge in [-0.15, -0.1) is 0 Å². The van der Waals surface area contributed by atoms with Crippen LogP contribution in [0.4, 0.5) is 0 Å². The van der Waals surface area contributed by atoms with Gasteiger partial charge in [-0.1, -0.05) is 102 Å². The van der Waals surface area contributed by atoms with Crippen LogP contribution in [-0.2, 0) is 57.1 Å². The molecule has 0 spiro atoms. The number of nitrogens with two attached hydrogens (primary N) is 4. The van der Waals surface area contributed by atoms with Gasteiger partial charge < -0.3 is 102 Å². The van der Waals surface area contributed by atoms with Crippen molar-refractivity contribution in [3.63, 3.8) is 0 Å². The molecule has 0 aromatic carbocycles. The van der Waals surface area contributed by atoms with Crippen molar-refractivity contribution in [3.8, 4) is 0 Å². The first kappa shape index (κ1) is 74.3. The van der Waals surface area contributed by atoms with Crippen LogP contribution in [0.3, 0.4) is 0 Å². The molecule has 0 radical (unpaired) electrons. The molecule has 8 rings (SSSR count). The smallest absolute Gasteiger partial charge is 0.330 e. The second kappa shape index (κ2) is 34.4. The first-order valence-corrected chi connectivity index (χ1v) is 31.0. The Balaban J connectivity index is 0.000000254. The van der Waals surface area contributed by atoms with E-state index in [0.29, 0.717) is 13.7 Å². The monoisotopic (exact) mass is 1510 g/mol. The standard InChI is InChI=1S/4C14H20ClN3O7/c4*1-6(2)8(16)12(22)24-5-14(15)10(21)9(20)11(25-14)18-4-3-7(19)17-13(18)23/h4*3-4,6,8-11,20-21H,5,16H2,1-2H3,(H,17,19,23)/t4*8-,9+,10-,11+,14+/m0000/s1/i5D2,11D;11D;5D2;. The fourth-order valence-corrected chi connectivity index (χ4v) is 9.40. The second-order valence-electron chi connectivity index (χ2n) is 23.7. The van der Waals surface area contributed by atoms with Crippen molar-refractivity contribution >= 4 is 70.3 Å². The summed E-state index contributed by atoms with van der Waals surface area (Å²) in [7, 11) is 0. The number of nitrogens with zero attached hydrogens (tertiary/aromatic N) is 4. The summed E-state index contributed by atoms with van der Waals surface area (Å²) in [6.07, 6.45) is -20.4. The Hall–Kier alpha value is -6.88. The van der Waals surface area contributed by atoms with Gasteiger partial charge in [0.05, 0.1) is 8.22 Å². The SMILES string of the molecule is CC(C)[C@H](N)C(=O)OC[C@@]1(Cl)O[C@@H](n2ccc(=O)[nH]c2=O)[C@H](O)[C@@H]1O.[2H]C([2H])(OC(=O)[C@@H](N)C(C)C)[C@@]1(Cl)O[C@@H](n2ccc(=O)[nH]c2=O)[C@H](O)[C@@H]1O.[2H]C([2H])(OC(=O)[C@@H](N)C(C)C)[C@@]1(Cl)O[C@@]([2H])(n2ccc(=O)[nH]c2=O)[C@H](O)[C@@H]1O.[2H][C@@]1(n2ccc(=O)[nH]c2=O)O[C@](Cl)(COC(=O)[C@@H](N)C(C)C)[C@@H](O)[C@H]1O. The molecule has 0 aliphatic carbocycles. The highest BCUT2D eigenvalue weighted by molar-refractivity contribution is 6.24. The van der Waals surface area contributed by atoms with E-state index >= 15 is 0 Å². The van der Waals surface area contributed by atoms with Crippen LogP contribution >= 0.6 is 46.4 Å². The van der Waals surface area contributed by atoms with Gasteiger partial charge in [0.15, 0.2) is 24.9 Å². The van der Waals surface area contributed by atoms with Crippen molar-refractivity contribution < 1.29 is 106 Å². The number of hydrogen-bond acceptors (Lipinski definition) is 32. The molecule has 40 nitrogen and oxygen atoms in total. The predicted molar refractivity (Wildman–Crippen MR) is 343 cm³/mol. The van der Waals surface area contributed by atoms with Gasteiger partial charge in [-0.3, -0.25) is 76.6 Å². The highest BCUT2D eigenvalue weighted by Crippen LogP contribution is 2.43. The maximum absolute atomic E-state index is 12.0. The van der Waals surface area contributed by atoms with Crippen LogP contribution in [-0.4, -0.2) is 223 Å². The fraction of sp³-hybridized carbons (Fsp3) is 0.643. The summed E-state index contributed by atoms with van der Waals surface area (Å²) in [6.45, 7) is 5.52. The van der Waals surface area contributed by atoms with Crippen molar-refractivity contribution in [2.75, 3.05) is 26.3 Å². The molecule has 20 N–H and O–H groups in total. The molecular weight excluding hydrogens is 1430 g/mol. The number of carbonyl (C=O) groups excluding carboxylic acids is 4. The number of halogens is 4. The number of hydrogen-bond donors (Lipinski definition) is 16. The number of carbonyl (C=O) groups is 4. The van der Waals surface area contributed by atoms with Crippen molar-refractivity contribution in [2.24, 2.45) is 46.6 Å². The van der Waals surface area contributed by atoms with E-state index in [4.69, 9.17) is 111 Å². The lowest BCUT2D eigenvalue weighted by Gasteiger charge is -2.25. The molecular formula is C56H80Cl4N12O28. The minimum atomic E-state index is -3.27. The minimum absolute atomic E-state index is 0.175. The molecule has 100 heavy (non-hydrogen) atoms. The van der Waals surface area contributed by atoms with Crippen LogP contribution in [0.1, 0.15) is 88.5 Å². The lowest BCUT2D eigenvalue weighted by Crippen LogP contribution is -2.45. The summed E-state index contributed by atoms with van der Waals surface area (Å²) in [5, 5.41) is 71.7. The van der Waals surface area contributed by atoms with E-state index < -0.39 is 219 Å². The quantitative estimate of drug-likeness (QED) is 0.0222. The number of nitrogens with one attached hydrogen (secondary N) is 4. The molecule has 0 amide bonds. The van der Waals surface area contributed by atoms with E-state index in [9.17, 15) is 98.4 Å². The molecule has 4 aromatic rings. The molecule has 4 fully saturated rings. The molecule has 8 heterocycles. The highest BCUT2D eigenvalue weighted by Gasteiger charge is 2.59. The molecule has 4 aromatic heterocycles. The maximum atomic E-state index is 12.0. The molecule has 560 valence electrons. The van der Waals surface area contributed by atoms with E-state index in [0.717, 1.165) is 53.6 Å². The summed E-state index contributed by atoms with van der Waals surface area (Å²) < 4.78 is 90.8. The molecule has 4 aliphatic heterocycles. The number of aliphatic hydroxyl groups is 8. The van der Waals surface area contributed by atoms with Crippen LogP contribution < -0.4 is 67.9 Å². The Morgan fingerprint density at radius 2 is 0.660 bits per heavy atom. The summed E-state index contributed by atoms with van der Waals surface area (Å²) in [4.78, 5) is 147. The zero-order valence-corrected chi connectivity index (χ0v) is 56.8. The van der Waals surface area contributed by atoms with Gasteiger partial charge in [-0.2, -0.15) is 0 Å². The second-order valence-corrected chi connectivity index (χ2v) is 26.1. The molecule has 4 saturated heterocycles. The zero-order valence-electron chi connectivity index (χ0n) is 59.8. The fourth-order valence-electron chi connectivity index (χ4n) is 8.38. The Morgan fingerprint density at radius 3 is 0.960 bits per heavy atom. The number of aromatic nitrogens is 8. The first-order chi connectivity index (χ1) is 48.5. The number of aliphatic hydroxyl groups excluding tert-OH is 8. The molecule has 0 unspecified atom stereocenters. The van der Waals surface area contributed by atoms with Gasteiger partial charge in [0.2, 0.25) is 20.2 Å². The van der Waals surface area contributed by atoms with Crippen LogP contribution in [0, 0.1) is 23.7 Å². The predicted octanol–water partition coefficient (Wildman–Crippen LogP) is -7.00. The van der Waals surface area contributed by atoms with Gasteiger partial charge in [0, 0.05) is 49.1 Å². The highest BCUT2D eigenvalue weighted by atomic mass is 35.5. The lowest BCUT2D eigenvalue weighted by atomic mass is 10.1. The summed E-state index contributed by atoms with van der Waals surface area (Å²) in [5.74, 6) is -5.07. The Bertz CT molecular complexity index is 4330. The third-order valence-corrected chi connectivity index (χ3v) is 16.5. The van der Waals surface area contributed by atoms with Gasteiger partial charge in [-0.25, -0.2) is 19.2 Å².